The standard InChI is InChI=1S/C20H20O7/c1-22-11-25-16-9-8-15-18(21)17(27-19(15)20(16)26-12-23-2)10-13-4-6-14(24-3)7-5-13/h4-10H,11-12H2,1-3H3/b17-10-. The van der Waals surface area contributed by atoms with Crippen LogP contribution in [0.2, 0.25) is 0 Å². The van der Waals surface area contributed by atoms with Gasteiger partial charge in [0.25, 0.3) is 0 Å². The topological polar surface area (TPSA) is 72.5 Å². The Balaban J connectivity index is 1.93. The quantitative estimate of drug-likeness (QED) is 0.520. The molecular formula is C20H20O7. The van der Waals surface area contributed by atoms with Crippen molar-refractivity contribution in [1.29, 1.82) is 0 Å². The van der Waals surface area contributed by atoms with Gasteiger partial charge in [0.1, 0.15) is 5.75 Å². The van der Waals surface area contributed by atoms with Gasteiger partial charge in [0.05, 0.1) is 12.7 Å². The molecule has 0 saturated heterocycles. The van der Waals surface area contributed by atoms with E-state index in [9.17, 15) is 4.79 Å². The van der Waals surface area contributed by atoms with Crippen LogP contribution in [0.5, 0.6) is 23.0 Å². The third-order valence-corrected chi connectivity index (χ3v) is 3.82. The highest BCUT2D eigenvalue weighted by molar-refractivity contribution is 6.15. The molecule has 1 heterocycles. The van der Waals surface area contributed by atoms with Gasteiger partial charge in [-0.15, -0.1) is 0 Å². The van der Waals surface area contributed by atoms with E-state index in [4.69, 9.17) is 28.4 Å². The molecule has 0 N–H and O–H groups in total. The number of benzene rings is 2. The van der Waals surface area contributed by atoms with E-state index in [1.165, 1.54) is 14.2 Å². The van der Waals surface area contributed by atoms with Crippen molar-refractivity contribution in [3.8, 4) is 23.0 Å². The van der Waals surface area contributed by atoms with E-state index in [-0.39, 0.29) is 30.9 Å². The molecule has 0 aromatic heterocycles. The smallest absolute Gasteiger partial charge is 0.232 e. The molecule has 0 bridgehead atoms. The number of hydrogen-bond donors (Lipinski definition) is 0. The first-order valence-electron chi connectivity index (χ1n) is 8.16. The maximum atomic E-state index is 12.7. The van der Waals surface area contributed by atoms with E-state index >= 15 is 0 Å². The Hall–Kier alpha value is -3.03. The van der Waals surface area contributed by atoms with Crippen LogP contribution in [0.15, 0.2) is 42.2 Å². The predicted molar refractivity (Wildman–Crippen MR) is 97.4 cm³/mol. The third kappa shape index (κ3) is 4.05. The van der Waals surface area contributed by atoms with Gasteiger partial charge >= 0.3 is 0 Å². The molecule has 0 unspecified atom stereocenters. The van der Waals surface area contributed by atoms with Crippen molar-refractivity contribution in [2.75, 3.05) is 34.9 Å². The molecule has 3 rings (SSSR count). The molecule has 2 aromatic carbocycles. The molecule has 0 radical (unpaired) electrons. The number of fused-ring (bicyclic) bond motifs is 1. The van der Waals surface area contributed by atoms with Crippen LogP contribution in [0, 0.1) is 0 Å². The van der Waals surface area contributed by atoms with Gasteiger partial charge < -0.3 is 28.4 Å². The maximum Gasteiger partial charge on any atom is 0.232 e. The molecular weight excluding hydrogens is 352 g/mol. The lowest BCUT2D eigenvalue weighted by atomic mass is 10.1. The largest absolute Gasteiger partial charge is 0.497 e. The van der Waals surface area contributed by atoms with Gasteiger partial charge in [-0.05, 0) is 35.9 Å². The number of carbonyl (C=O) groups excluding carboxylic acids is 1. The Morgan fingerprint density at radius 2 is 1.63 bits per heavy atom. The maximum absolute atomic E-state index is 12.7. The van der Waals surface area contributed by atoms with E-state index in [1.54, 1.807) is 25.3 Å². The van der Waals surface area contributed by atoms with Crippen molar-refractivity contribution in [2.24, 2.45) is 0 Å². The second kappa shape index (κ2) is 8.57. The number of methoxy groups -OCH3 is 3. The molecule has 0 fully saturated rings. The molecule has 0 saturated carbocycles. The van der Waals surface area contributed by atoms with Crippen LogP contribution in [0.1, 0.15) is 15.9 Å². The zero-order chi connectivity index (χ0) is 19.2. The number of allylic oxidation sites excluding steroid dienone is 1. The Bertz CT molecular complexity index is 840. The van der Waals surface area contributed by atoms with Crippen molar-refractivity contribution >= 4 is 11.9 Å². The number of rotatable bonds is 8. The van der Waals surface area contributed by atoms with Crippen LogP contribution in [0.25, 0.3) is 6.08 Å². The Morgan fingerprint density at radius 3 is 2.30 bits per heavy atom. The van der Waals surface area contributed by atoms with Gasteiger partial charge in [-0.3, -0.25) is 4.79 Å². The number of carbonyl (C=O) groups is 1. The molecule has 0 spiro atoms. The van der Waals surface area contributed by atoms with Gasteiger partial charge in [0.2, 0.25) is 11.5 Å². The van der Waals surface area contributed by atoms with Crippen molar-refractivity contribution < 1.29 is 33.2 Å². The first-order valence-corrected chi connectivity index (χ1v) is 8.16. The Kier molecular flexibility index (Phi) is 5.95. The molecule has 27 heavy (non-hydrogen) atoms. The lowest BCUT2D eigenvalue weighted by Crippen LogP contribution is -2.05. The lowest BCUT2D eigenvalue weighted by Gasteiger charge is -2.14. The van der Waals surface area contributed by atoms with Crippen molar-refractivity contribution in [1.82, 2.24) is 0 Å². The fourth-order valence-corrected chi connectivity index (χ4v) is 2.55. The molecule has 7 nitrogen and oxygen atoms in total. The summed E-state index contributed by atoms with van der Waals surface area (Å²) in [6.07, 6.45) is 1.66. The van der Waals surface area contributed by atoms with Crippen LogP contribution in [0.3, 0.4) is 0 Å². The molecule has 0 aliphatic carbocycles. The summed E-state index contributed by atoms with van der Waals surface area (Å²) < 4.78 is 31.9. The van der Waals surface area contributed by atoms with Gasteiger partial charge in [-0.25, -0.2) is 0 Å². The molecule has 1 aliphatic rings. The highest BCUT2D eigenvalue weighted by Gasteiger charge is 2.32. The molecule has 7 heteroatoms. The molecule has 142 valence electrons. The van der Waals surface area contributed by atoms with Gasteiger partial charge in [0.15, 0.2) is 30.8 Å². The molecule has 0 amide bonds. The van der Waals surface area contributed by atoms with E-state index in [2.05, 4.69) is 0 Å². The number of ether oxygens (including phenoxy) is 6. The number of Topliss-reactive ketones (excluding diaryl/α,β-unsaturated/α-hetero) is 1. The van der Waals surface area contributed by atoms with Gasteiger partial charge in [-0.1, -0.05) is 12.1 Å². The molecule has 0 atom stereocenters. The summed E-state index contributed by atoms with van der Waals surface area (Å²) in [5, 5.41) is 0. The monoisotopic (exact) mass is 372 g/mol. The third-order valence-electron chi connectivity index (χ3n) is 3.82. The summed E-state index contributed by atoms with van der Waals surface area (Å²) in [6.45, 7) is 0.0134. The highest BCUT2D eigenvalue weighted by Crippen LogP contribution is 2.45. The second-order valence-electron chi connectivity index (χ2n) is 5.58. The fraction of sp³-hybridized carbons (Fsp3) is 0.250. The number of ketones is 1. The van der Waals surface area contributed by atoms with E-state index in [1.807, 2.05) is 24.3 Å². The minimum absolute atomic E-state index is 0.0190. The summed E-state index contributed by atoms with van der Waals surface area (Å²) >= 11 is 0. The van der Waals surface area contributed by atoms with Crippen LogP contribution in [0.4, 0.5) is 0 Å². The summed E-state index contributed by atoms with van der Waals surface area (Å²) in [6, 6.07) is 10.6. The van der Waals surface area contributed by atoms with Crippen LogP contribution in [-0.2, 0) is 9.47 Å². The average molecular weight is 372 g/mol. The van der Waals surface area contributed by atoms with E-state index in [0.717, 1.165) is 11.3 Å². The second-order valence-corrected chi connectivity index (χ2v) is 5.58. The lowest BCUT2D eigenvalue weighted by molar-refractivity contribution is 0.0311. The summed E-state index contributed by atoms with van der Waals surface area (Å²) in [5.41, 5.74) is 1.20. The minimum Gasteiger partial charge on any atom is -0.497 e. The first kappa shape index (κ1) is 18.8. The SMILES string of the molecule is COCOc1ccc2c(c1OCOC)O/C(=C\c1ccc(OC)cc1)C2=O. The zero-order valence-electron chi connectivity index (χ0n) is 15.3. The number of hydrogen-bond acceptors (Lipinski definition) is 7. The highest BCUT2D eigenvalue weighted by atomic mass is 16.7. The Morgan fingerprint density at radius 1 is 0.926 bits per heavy atom. The van der Waals surface area contributed by atoms with Crippen LogP contribution >= 0.6 is 0 Å². The predicted octanol–water partition coefficient (Wildman–Crippen LogP) is 3.28. The average Bonchev–Trinajstić information content (AvgIpc) is 3.01. The van der Waals surface area contributed by atoms with Crippen LogP contribution in [-0.4, -0.2) is 40.7 Å². The summed E-state index contributed by atoms with van der Waals surface area (Å²) in [7, 11) is 4.61. The minimum atomic E-state index is -0.235. The summed E-state index contributed by atoms with van der Waals surface area (Å²) in [4.78, 5) is 12.7. The zero-order valence-corrected chi connectivity index (χ0v) is 15.3. The molecule has 2 aromatic rings. The van der Waals surface area contributed by atoms with Crippen molar-refractivity contribution in [2.45, 2.75) is 0 Å². The van der Waals surface area contributed by atoms with Crippen LogP contribution < -0.4 is 18.9 Å². The van der Waals surface area contributed by atoms with Gasteiger partial charge in [-0.2, -0.15) is 0 Å². The first-order chi connectivity index (χ1) is 13.2. The van der Waals surface area contributed by atoms with Gasteiger partial charge in [0, 0.05) is 14.2 Å². The Labute approximate surface area is 157 Å². The molecule has 1 aliphatic heterocycles. The van der Waals surface area contributed by atoms with Crippen molar-refractivity contribution in [3.05, 3.63) is 53.3 Å². The fourth-order valence-electron chi connectivity index (χ4n) is 2.55. The normalized spacial score (nSPS) is 14.0. The van der Waals surface area contributed by atoms with E-state index < -0.39 is 0 Å². The summed E-state index contributed by atoms with van der Waals surface area (Å²) in [5.74, 6) is 1.67. The van der Waals surface area contributed by atoms with E-state index in [0.29, 0.717) is 17.1 Å². The van der Waals surface area contributed by atoms with Crippen molar-refractivity contribution in [3.63, 3.8) is 0 Å².